The number of ether oxygens (including phenoxy) is 2. The highest BCUT2D eigenvalue weighted by Gasteiger charge is 2.25. The number of carbonyl (C=O) groups excluding carboxylic acids is 1. The van der Waals surface area contributed by atoms with E-state index >= 15 is 0 Å². The van der Waals surface area contributed by atoms with Crippen molar-refractivity contribution in [3.05, 3.63) is 47.5 Å². The predicted octanol–water partition coefficient (Wildman–Crippen LogP) is 3.03. The third kappa shape index (κ3) is 4.81. The number of hydrogen-bond donors (Lipinski definition) is 0. The summed E-state index contributed by atoms with van der Waals surface area (Å²) in [6.07, 6.45) is 3.11. The standard InChI is InChI=1S/C22H25N3O5S/c1-24(2)31(27,28)17-8-9-19(25-11-5-4-6-12-25)18(14-17)22(26)30-20-10-7-16(15-23)13-21(20)29-3/h7-10,13-14H,4-6,11-12H2,1-3H3. The Hall–Kier alpha value is -3.09. The van der Waals surface area contributed by atoms with Gasteiger partial charge in [-0.3, -0.25) is 0 Å². The van der Waals surface area contributed by atoms with E-state index in [1.54, 1.807) is 6.07 Å². The molecule has 0 aromatic heterocycles. The molecule has 0 aliphatic carbocycles. The number of hydrogen-bond acceptors (Lipinski definition) is 7. The van der Waals surface area contributed by atoms with Crippen LogP contribution >= 0.6 is 0 Å². The van der Waals surface area contributed by atoms with E-state index in [2.05, 4.69) is 4.90 Å². The van der Waals surface area contributed by atoms with E-state index in [9.17, 15) is 13.2 Å². The number of piperidine rings is 1. The molecule has 3 rings (SSSR count). The lowest BCUT2D eigenvalue weighted by atomic mass is 10.1. The molecule has 9 heteroatoms. The van der Waals surface area contributed by atoms with E-state index in [1.165, 1.54) is 51.5 Å². The van der Waals surface area contributed by atoms with Gasteiger partial charge in [0.25, 0.3) is 0 Å². The Morgan fingerprint density at radius 1 is 1.06 bits per heavy atom. The monoisotopic (exact) mass is 443 g/mol. The first-order valence-electron chi connectivity index (χ1n) is 9.89. The summed E-state index contributed by atoms with van der Waals surface area (Å²) in [7, 11) is 0.561. The molecule has 1 fully saturated rings. The minimum Gasteiger partial charge on any atom is -0.493 e. The molecule has 1 aliphatic rings. The van der Waals surface area contributed by atoms with Crippen molar-refractivity contribution in [3.63, 3.8) is 0 Å². The zero-order valence-electron chi connectivity index (χ0n) is 17.8. The summed E-state index contributed by atoms with van der Waals surface area (Å²) >= 11 is 0. The zero-order chi connectivity index (χ0) is 22.6. The molecular weight excluding hydrogens is 418 g/mol. The maximum absolute atomic E-state index is 13.2. The molecule has 0 saturated carbocycles. The van der Waals surface area contributed by atoms with E-state index in [-0.39, 0.29) is 22.0 Å². The maximum Gasteiger partial charge on any atom is 0.345 e. The van der Waals surface area contributed by atoms with Gasteiger partial charge in [-0.25, -0.2) is 17.5 Å². The molecule has 0 bridgehead atoms. The van der Waals surface area contributed by atoms with Gasteiger partial charge < -0.3 is 14.4 Å². The van der Waals surface area contributed by atoms with Gasteiger partial charge in [-0.15, -0.1) is 0 Å². The molecule has 0 N–H and O–H groups in total. The van der Waals surface area contributed by atoms with E-state index in [0.29, 0.717) is 11.3 Å². The molecular formula is C22H25N3O5S. The van der Waals surface area contributed by atoms with Crippen LogP contribution in [0.1, 0.15) is 35.2 Å². The molecule has 31 heavy (non-hydrogen) atoms. The summed E-state index contributed by atoms with van der Waals surface area (Å²) in [5.74, 6) is -0.305. The van der Waals surface area contributed by atoms with Gasteiger partial charge in [0.1, 0.15) is 0 Å². The number of nitriles is 1. The quantitative estimate of drug-likeness (QED) is 0.500. The molecule has 0 radical (unpaired) electrons. The van der Waals surface area contributed by atoms with Gasteiger partial charge in [-0.05, 0) is 49.6 Å². The van der Waals surface area contributed by atoms with Crippen LogP contribution in [0.2, 0.25) is 0 Å². The number of methoxy groups -OCH3 is 1. The van der Waals surface area contributed by atoms with Gasteiger partial charge in [-0.1, -0.05) is 0 Å². The largest absolute Gasteiger partial charge is 0.493 e. The van der Waals surface area contributed by atoms with Crippen molar-refractivity contribution in [2.75, 3.05) is 39.2 Å². The fraction of sp³-hybridized carbons (Fsp3) is 0.364. The van der Waals surface area contributed by atoms with Crippen molar-refractivity contribution >= 4 is 21.7 Å². The molecule has 0 amide bonds. The lowest BCUT2D eigenvalue weighted by Crippen LogP contribution is -2.31. The Labute approximate surface area is 182 Å². The summed E-state index contributed by atoms with van der Waals surface area (Å²) in [5, 5.41) is 9.06. The molecule has 0 spiro atoms. The van der Waals surface area contributed by atoms with Crippen LogP contribution in [0.3, 0.4) is 0 Å². The number of esters is 1. The number of sulfonamides is 1. The Morgan fingerprint density at radius 3 is 2.39 bits per heavy atom. The van der Waals surface area contributed by atoms with E-state index in [1.807, 2.05) is 6.07 Å². The van der Waals surface area contributed by atoms with Crippen molar-refractivity contribution in [3.8, 4) is 17.6 Å². The van der Waals surface area contributed by atoms with Crippen LogP contribution in [-0.4, -0.2) is 53.0 Å². The molecule has 1 saturated heterocycles. The number of carbonyl (C=O) groups is 1. The van der Waals surface area contributed by atoms with Crippen LogP contribution in [0.5, 0.6) is 11.5 Å². The van der Waals surface area contributed by atoms with Crippen LogP contribution in [0.4, 0.5) is 5.69 Å². The van der Waals surface area contributed by atoms with Gasteiger partial charge in [0.15, 0.2) is 11.5 Å². The van der Waals surface area contributed by atoms with Crippen LogP contribution in [0, 0.1) is 11.3 Å². The average Bonchev–Trinajstić information content (AvgIpc) is 2.79. The highest BCUT2D eigenvalue weighted by Crippen LogP contribution is 2.32. The van der Waals surface area contributed by atoms with Crippen LogP contribution in [0.25, 0.3) is 0 Å². The van der Waals surface area contributed by atoms with E-state index in [0.717, 1.165) is 36.7 Å². The zero-order valence-corrected chi connectivity index (χ0v) is 18.6. The molecule has 1 aliphatic heterocycles. The first-order chi connectivity index (χ1) is 14.8. The normalized spacial score (nSPS) is 14.2. The number of anilines is 1. The second-order valence-corrected chi connectivity index (χ2v) is 9.53. The minimum absolute atomic E-state index is 0.0111. The van der Waals surface area contributed by atoms with Crippen LogP contribution in [-0.2, 0) is 10.0 Å². The van der Waals surface area contributed by atoms with Gasteiger partial charge >= 0.3 is 5.97 Å². The second-order valence-electron chi connectivity index (χ2n) is 7.38. The summed E-state index contributed by atoms with van der Waals surface area (Å²) < 4.78 is 37.2. The van der Waals surface area contributed by atoms with Crippen LogP contribution < -0.4 is 14.4 Å². The summed E-state index contributed by atoms with van der Waals surface area (Å²) in [5.41, 5.74) is 1.16. The van der Waals surface area contributed by atoms with Crippen molar-refractivity contribution < 1.29 is 22.7 Å². The van der Waals surface area contributed by atoms with Crippen molar-refractivity contribution in [1.29, 1.82) is 5.26 Å². The number of benzene rings is 2. The number of nitrogens with zero attached hydrogens (tertiary/aromatic N) is 3. The van der Waals surface area contributed by atoms with Crippen molar-refractivity contribution in [2.45, 2.75) is 24.2 Å². The first-order valence-corrected chi connectivity index (χ1v) is 11.3. The topological polar surface area (TPSA) is 99.9 Å². The van der Waals surface area contributed by atoms with Gasteiger partial charge in [0.2, 0.25) is 10.0 Å². The highest BCUT2D eigenvalue weighted by molar-refractivity contribution is 7.89. The Morgan fingerprint density at radius 2 is 1.77 bits per heavy atom. The third-order valence-electron chi connectivity index (χ3n) is 5.16. The lowest BCUT2D eigenvalue weighted by molar-refractivity contribution is 0.0730. The fourth-order valence-electron chi connectivity index (χ4n) is 3.44. The first kappa shape index (κ1) is 22.6. The van der Waals surface area contributed by atoms with Gasteiger partial charge in [0, 0.05) is 33.3 Å². The second kappa shape index (κ2) is 9.37. The highest BCUT2D eigenvalue weighted by atomic mass is 32.2. The van der Waals surface area contributed by atoms with Crippen LogP contribution in [0.15, 0.2) is 41.3 Å². The maximum atomic E-state index is 13.2. The Kier molecular flexibility index (Phi) is 6.83. The molecule has 1 heterocycles. The SMILES string of the molecule is COc1cc(C#N)ccc1OC(=O)c1cc(S(=O)(=O)N(C)C)ccc1N1CCCCC1. The molecule has 0 atom stereocenters. The molecule has 2 aromatic rings. The Bertz CT molecular complexity index is 1120. The number of rotatable bonds is 6. The molecule has 164 valence electrons. The summed E-state index contributed by atoms with van der Waals surface area (Å²) in [6.45, 7) is 1.56. The lowest BCUT2D eigenvalue weighted by Gasteiger charge is -2.30. The molecule has 8 nitrogen and oxygen atoms in total. The Balaban J connectivity index is 2.04. The molecule has 2 aromatic carbocycles. The van der Waals surface area contributed by atoms with E-state index < -0.39 is 16.0 Å². The van der Waals surface area contributed by atoms with Gasteiger partial charge in [-0.2, -0.15) is 5.26 Å². The minimum atomic E-state index is -3.73. The van der Waals surface area contributed by atoms with Crippen molar-refractivity contribution in [1.82, 2.24) is 4.31 Å². The average molecular weight is 444 g/mol. The molecule has 0 unspecified atom stereocenters. The summed E-state index contributed by atoms with van der Waals surface area (Å²) in [4.78, 5) is 15.3. The summed E-state index contributed by atoms with van der Waals surface area (Å²) in [6, 6.07) is 11.0. The smallest absolute Gasteiger partial charge is 0.345 e. The predicted molar refractivity (Wildman–Crippen MR) is 116 cm³/mol. The third-order valence-corrected chi connectivity index (χ3v) is 6.97. The fourth-order valence-corrected chi connectivity index (χ4v) is 4.37. The van der Waals surface area contributed by atoms with E-state index in [4.69, 9.17) is 14.7 Å². The van der Waals surface area contributed by atoms with Crippen molar-refractivity contribution in [2.24, 2.45) is 0 Å². The van der Waals surface area contributed by atoms with Gasteiger partial charge in [0.05, 0.1) is 34.9 Å².